The molecule has 0 aliphatic carbocycles. The third-order valence-corrected chi connectivity index (χ3v) is 9.20. The zero-order valence-corrected chi connectivity index (χ0v) is 15.0. The summed E-state index contributed by atoms with van der Waals surface area (Å²) in [6, 6.07) is 31.1. The first-order chi connectivity index (χ1) is 11.8. The van der Waals surface area contributed by atoms with Crippen LogP contribution in [0.2, 0.25) is 0 Å². The van der Waals surface area contributed by atoms with E-state index in [4.69, 9.17) is 0 Å². The Morgan fingerprint density at radius 3 is 1.29 bits per heavy atom. The van der Waals surface area contributed by atoms with E-state index in [9.17, 15) is 4.79 Å². The quantitative estimate of drug-likeness (QED) is 0.501. The Kier molecular flexibility index (Phi) is 5.07. The molecule has 3 rings (SSSR count). The molecule has 0 unspecified atom stereocenters. The van der Waals surface area contributed by atoms with Gasteiger partial charge in [-0.3, -0.25) is 0 Å². The van der Waals surface area contributed by atoms with Gasteiger partial charge in [0.2, 0.25) is 8.07 Å². The molecule has 2 heteroatoms. The first-order valence-electron chi connectivity index (χ1n) is 8.50. The molecular formula is C22H22OSi. The second kappa shape index (κ2) is 7.41. The molecule has 0 atom stereocenters. The molecule has 1 nitrogen and oxygen atoms in total. The van der Waals surface area contributed by atoms with Crippen LogP contribution in [0.5, 0.6) is 0 Å². The lowest BCUT2D eigenvalue weighted by molar-refractivity contribution is -0.112. The fourth-order valence-electron chi connectivity index (χ4n) is 3.46. The maximum atomic E-state index is 13.5. The highest BCUT2D eigenvalue weighted by Crippen LogP contribution is 2.12. The number of carbonyl (C=O) groups is 1. The van der Waals surface area contributed by atoms with Gasteiger partial charge in [-0.1, -0.05) is 97.9 Å². The lowest BCUT2D eigenvalue weighted by Crippen LogP contribution is -2.72. The molecule has 3 aromatic rings. The van der Waals surface area contributed by atoms with E-state index in [1.54, 1.807) is 0 Å². The smallest absolute Gasteiger partial charge is 0.224 e. The molecule has 0 radical (unpaired) electrons. The molecule has 0 spiro atoms. The molecule has 3 aromatic carbocycles. The van der Waals surface area contributed by atoms with Gasteiger partial charge in [0.05, 0.1) is 0 Å². The molecular weight excluding hydrogens is 308 g/mol. The van der Waals surface area contributed by atoms with Crippen LogP contribution in [0.15, 0.2) is 91.0 Å². The summed E-state index contributed by atoms with van der Waals surface area (Å²) in [5.74, 6) is 0. The Bertz CT molecular complexity index is 685. The molecule has 0 bridgehead atoms. The number of carbonyl (C=O) groups excluding carboxylic acids is 1. The largest absolute Gasteiger partial charge is 0.304 e. The van der Waals surface area contributed by atoms with Crippen LogP contribution in [-0.2, 0) is 4.79 Å². The monoisotopic (exact) mass is 330 g/mol. The fourth-order valence-corrected chi connectivity index (χ4v) is 8.13. The first-order valence-corrected chi connectivity index (χ1v) is 10.5. The predicted octanol–water partition coefficient (Wildman–Crippen LogP) is 3.07. The molecule has 0 amide bonds. The van der Waals surface area contributed by atoms with Crippen LogP contribution < -0.4 is 15.6 Å². The van der Waals surface area contributed by atoms with E-state index in [-0.39, 0.29) is 0 Å². The molecule has 0 saturated carbocycles. The maximum absolute atomic E-state index is 13.5. The van der Waals surface area contributed by atoms with Gasteiger partial charge in [0, 0.05) is 6.42 Å². The molecule has 24 heavy (non-hydrogen) atoms. The second-order valence-corrected chi connectivity index (χ2v) is 9.81. The maximum Gasteiger partial charge on any atom is 0.224 e. The second-order valence-electron chi connectivity index (χ2n) is 6.02. The van der Waals surface area contributed by atoms with E-state index < -0.39 is 8.07 Å². The van der Waals surface area contributed by atoms with Gasteiger partial charge in [0.1, 0.15) is 5.41 Å². The van der Waals surface area contributed by atoms with Crippen molar-refractivity contribution in [2.24, 2.45) is 0 Å². The van der Waals surface area contributed by atoms with Crippen LogP contribution in [0, 0.1) is 0 Å². The highest BCUT2D eigenvalue weighted by atomic mass is 28.3. The number of benzene rings is 3. The van der Waals surface area contributed by atoms with Crippen molar-refractivity contribution < 1.29 is 4.79 Å². The highest BCUT2D eigenvalue weighted by Gasteiger charge is 2.45. The van der Waals surface area contributed by atoms with E-state index in [0.717, 1.165) is 6.42 Å². The summed E-state index contributed by atoms with van der Waals surface area (Å²) in [6.07, 6.45) is 1.49. The average Bonchev–Trinajstić information content (AvgIpc) is 2.65. The summed E-state index contributed by atoms with van der Waals surface area (Å²) in [5.41, 5.74) is 0. The summed E-state index contributed by atoms with van der Waals surface area (Å²) in [7, 11) is -2.69. The number of rotatable bonds is 6. The third kappa shape index (κ3) is 2.85. The topological polar surface area (TPSA) is 17.1 Å². The van der Waals surface area contributed by atoms with Gasteiger partial charge in [0.15, 0.2) is 0 Å². The van der Waals surface area contributed by atoms with Crippen molar-refractivity contribution in [3.05, 3.63) is 91.0 Å². The van der Waals surface area contributed by atoms with Crippen molar-refractivity contribution in [2.45, 2.75) is 19.8 Å². The number of hydrogen-bond acceptors (Lipinski definition) is 1. The summed E-state index contributed by atoms with van der Waals surface area (Å²) < 4.78 is 0. The number of hydrogen-bond donors (Lipinski definition) is 0. The average molecular weight is 331 g/mol. The molecule has 0 heterocycles. The Morgan fingerprint density at radius 1 is 0.667 bits per heavy atom. The molecule has 0 fully saturated rings. The fraction of sp³-hybridized carbons (Fsp3) is 0.136. The Hall–Kier alpha value is -2.45. The summed E-state index contributed by atoms with van der Waals surface area (Å²) in [4.78, 5) is 13.5. The lowest BCUT2D eigenvalue weighted by atomic mass is 10.3. The first kappa shape index (κ1) is 16.4. The van der Waals surface area contributed by atoms with Gasteiger partial charge in [-0.15, -0.1) is 0 Å². The minimum absolute atomic E-state index is 0.383. The van der Waals surface area contributed by atoms with E-state index in [1.165, 1.54) is 15.6 Å². The van der Waals surface area contributed by atoms with E-state index in [1.807, 2.05) is 54.6 Å². The van der Waals surface area contributed by atoms with Crippen molar-refractivity contribution >= 4 is 29.0 Å². The van der Waals surface area contributed by atoms with Crippen molar-refractivity contribution in [3.8, 4) is 0 Å². The molecule has 0 saturated heterocycles. The van der Waals surface area contributed by atoms with Gasteiger partial charge < -0.3 is 4.79 Å². The Labute approximate surface area is 145 Å². The van der Waals surface area contributed by atoms with Crippen LogP contribution in [0.1, 0.15) is 19.8 Å². The predicted molar refractivity (Wildman–Crippen MR) is 104 cm³/mol. The van der Waals surface area contributed by atoms with E-state index in [2.05, 4.69) is 43.3 Å². The van der Waals surface area contributed by atoms with Crippen molar-refractivity contribution in [3.63, 3.8) is 0 Å². The summed E-state index contributed by atoms with van der Waals surface area (Å²) >= 11 is 0. The molecule has 0 aromatic heterocycles. The summed E-state index contributed by atoms with van der Waals surface area (Å²) in [5, 5.41) is 3.89. The molecule has 120 valence electrons. The SMILES string of the molecule is CCCC(=O)[Si](c1ccccc1)(c1ccccc1)c1ccccc1. The van der Waals surface area contributed by atoms with E-state index >= 15 is 0 Å². The zero-order chi connectivity index (χ0) is 16.8. The van der Waals surface area contributed by atoms with Gasteiger partial charge >= 0.3 is 0 Å². The third-order valence-electron chi connectivity index (χ3n) is 4.52. The summed E-state index contributed by atoms with van der Waals surface area (Å²) in [6.45, 7) is 2.08. The van der Waals surface area contributed by atoms with Gasteiger partial charge in [0.25, 0.3) is 0 Å². The van der Waals surface area contributed by atoms with Crippen LogP contribution in [0.4, 0.5) is 0 Å². The van der Waals surface area contributed by atoms with Crippen LogP contribution >= 0.6 is 0 Å². The zero-order valence-electron chi connectivity index (χ0n) is 14.0. The highest BCUT2D eigenvalue weighted by molar-refractivity contribution is 7.29. The van der Waals surface area contributed by atoms with Crippen molar-refractivity contribution in [1.82, 2.24) is 0 Å². The Balaban J connectivity index is 2.35. The van der Waals surface area contributed by atoms with E-state index in [0.29, 0.717) is 11.8 Å². The normalized spacial score (nSPS) is 11.2. The van der Waals surface area contributed by atoms with Crippen LogP contribution in [-0.4, -0.2) is 13.5 Å². The molecule has 0 aliphatic rings. The standard InChI is InChI=1S/C22H22OSi/c1-2-12-22(23)24(19-13-6-3-7-14-19,20-15-8-4-9-16-20)21-17-10-5-11-18-21/h3-11,13-18H,2,12H2,1H3. The van der Waals surface area contributed by atoms with Crippen molar-refractivity contribution in [1.29, 1.82) is 0 Å². The molecule has 0 N–H and O–H groups in total. The molecule has 0 aliphatic heterocycles. The Morgan fingerprint density at radius 2 is 1.00 bits per heavy atom. The van der Waals surface area contributed by atoms with Crippen molar-refractivity contribution in [2.75, 3.05) is 0 Å². The lowest BCUT2D eigenvalue weighted by Gasteiger charge is -2.32. The van der Waals surface area contributed by atoms with Crippen LogP contribution in [0.3, 0.4) is 0 Å². The minimum Gasteiger partial charge on any atom is -0.304 e. The van der Waals surface area contributed by atoms with Crippen LogP contribution in [0.25, 0.3) is 0 Å². The van der Waals surface area contributed by atoms with Gasteiger partial charge in [-0.25, -0.2) is 0 Å². The minimum atomic E-state index is -2.69. The van der Waals surface area contributed by atoms with Gasteiger partial charge in [-0.2, -0.15) is 0 Å². The van der Waals surface area contributed by atoms with Gasteiger partial charge in [-0.05, 0) is 22.0 Å².